The van der Waals surface area contributed by atoms with Crippen LogP contribution < -0.4 is 5.32 Å². The van der Waals surface area contributed by atoms with Gasteiger partial charge in [-0.2, -0.15) is 0 Å². The number of hydrogen-bond acceptors (Lipinski definition) is 3. The molecule has 0 saturated heterocycles. The predicted octanol–water partition coefficient (Wildman–Crippen LogP) is 4.65. The summed E-state index contributed by atoms with van der Waals surface area (Å²) in [5.74, 6) is -0.141. The number of rotatable bonds is 4. The van der Waals surface area contributed by atoms with Gasteiger partial charge in [0.1, 0.15) is 0 Å². The molecule has 0 atom stereocenters. The average molecular weight is 320 g/mol. The fourth-order valence-corrected chi connectivity index (χ4v) is 3.03. The minimum absolute atomic E-state index is 0.0452. The Kier molecular flexibility index (Phi) is 5.04. The summed E-state index contributed by atoms with van der Waals surface area (Å²) < 4.78 is 0. The molecule has 1 amide bonds. The van der Waals surface area contributed by atoms with Gasteiger partial charge in [0.2, 0.25) is 5.91 Å². The fourth-order valence-electron chi connectivity index (χ4n) is 1.79. The Labute approximate surface area is 132 Å². The normalized spacial score (nSPS) is 10.2. The van der Waals surface area contributed by atoms with E-state index in [0.717, 1.165) is 15.5 Å². The zero-order valence-electron chi connectivity index (χ0n) is 11.6. The first kappa shape index (κ1) is 15.6. The van der Waals surface area contributed by atoms with Crippen molar-refractivity contribution in [2.24, 2.45) is 0 Å². The van der Waals surface area contributed by atoms with E-state index in [1.54, 1.807) is 23.9 Å². The second kappa shape index (κ2) is 6.78. The minimum Gasteiger partial charge on any atom is -0.326 e. The third kappa shape index (κ3) is 4.34. The summed E-state index contributed by atoms with van der Waals surface area (Å²) in [6.07, 6.45) is 0. The molecule has 0 fully saturated rings. The number of amides is 1. The topological polar surface area (TPSA) is 46.2 Å². The Morgan fingerprint density at radius 3 is 2.14 bits per heavy atom. The molecule has 0 aliphatic heterocycles. The van der Waals surface area contributed by atoms with E-state index in [1.807, 2.05) is 30.3 Å². The van der Waals surface area contributed by atoms with Crippen LogP contribution in [0.25, 0.3) is 0 Å². The van der Waals surface area contributed by atoms with E-state index in [2.05, 4.69) is 5.32 Å². The van der Waals surface area contributed by atoms with E-state index in [4.69, 9.17) is 11.6 Å². The molecule has 21 heavy (non-hydrogen) atoms. The highest BCUT2D eigenvalue weighted by Gasteiger charge is 2.07. The second-order valence-corrected chi connectivity index (χ2v) is 6.06. The molecular weight excluding hydrogens is 306 g/mol. The summed E-state index contributed by atoms with van der Waals surface area (Å²) in [5, 5.41) is 3.18. The second-order valence-electron chi connectivity index (χ2n) is 4.51. The molecule has 0 bridgehead atoms. The van der Waals surface area contributed by atoms with Crippen molar-refractivity contribution in [3.8, 4) is 0 Å². The number of nitrogens with one attached hydrogen (secondary N) is 1. The van der Waals surface area contributed by atoms with Crippen molar-refractivity contribution < 1.29 is 9.59 Å². The first-order valence-corrected chi connectivity index (χ1v) is 7.51. The molecule has 0 spiro atoms. The largest absolute Gasteiger partial charge is 0.326 e. The van der Waals surface area contributed by atoms with Crippen molar-refractivity contribution >= 4 is 40.7 Å². The summed E-state index contributed by atoms with van der Waals surface area (Å²) in [6.45, 7) is 2.97. The van der Waals surface area contributed by atoms with Gasteiger partial charge in [0.05, 0.1) is 5.02 Å². The van der Waals surface area contributed by atoms with Gasteiger partial charge in [-0.3, -0.25) is 9.59 Å². The highest BCUT2D eigenvalue weighted by molar-refractivity contribution is 7.99. The Morgan fingerprint density at radius 1 is 1.00 bits per heavy atom. The summed E-state index contributed by atoms with van der Waals surface area (Å²) >= 11 is 7.63. The van der Waals surface area contributed by atoms with Crippen LogP contribution in [0.1, 0.15) is 24.2 Å². The van der Waals surface area contributed by atoms with Crippen molar-refractivity contribution in [2.75, 3.05) is 5.32 Å². The van der Waals surface area contributed by atoms with Crippen LogP contribution in [-0.4, -0.2) is 11.7 Å². The molecule has 0 radical (unpaired) electrons. The van der Waals surface area contributed by atoms with Crippen LogP contribution in [0.15, 0.2) is 52.3 Å². The Hall–Kier alpha value is -1.78. The number of carbonyl (C=O) groups is 2. The smallest absolute Gasteiger partial charge is 0.221 e. The quantitative estimate of drug-likeness (QED) is 0.834. The molecule has 2 aromatic rings. The van der Waals surface area contributed by atoms with Gasteiger partial charge in [-0.05, 0) is 49.4 Å². The summed E-state index contributed by atoms with van der Waals surface area (Å²) in [4.78, 5) is 24.3. The lowest BCUT2D eigenvalue weighted by molar-refractivity contribution is -0.114. The average Bonchev–Trinajstić information content (AvgIpc) is 2.40. The zero-order chi connectivity index (χ0) is 15.4. The first-order chi connectivity index (χ1) is 9.95. The molecule has 0 heterocycles. The van der Waals surface area contributed by atoms with Gasteiger partial charge in [-0.15, -0.1) is 0 Å². The number of carbonyl (C=O) groups excluding carboxylic acids is 2. The first-order valence-electron chi connectivity index (χ1n) is 6.31. The number of halogens is 1. The van der Waals surface area contributed by atoms with Gasteiger partial charge in [0.25, 0.3) is 0 Å². The number of Topliss-reactive ketones (excluding diaryl/α,β-unsaturated/α-hetero) is 1. The van der Waals surface area contributed by atoms with E-state index in [0.29, 0.717) is 10.6 Å². The predicted molar refractivity (Wildman–Crippen MR) is 86.3 cm³/mol. The number of anilines is 1. The highest BCUT2D eigenvalue weighted by Crippen LogP contribution is 2.31. The maximum Gasteiger partial charge on any atom is 0.221 e. The van der Waals surface area contributed by atoms with Crippen LogP contribution >= 0.6 is 23.4 Å². The van der Waals surface area contributed by atoms with E-state index >= 15 is 0 Å². The van der Waals surface area contributed by atoms with Gasteiger partial charge in [-0.1, -0.05) is 23.4 Å². The molecule has 0 aromatic heterocycles. The molecule has 2 rings (SSSR count). The number of ketones is 1. The van der Waals surface area contributed by atoms with Crippen LogP contribution in [0.2, 0.25) is 5.02 Å². The van der Waals surface area contributed by atoms with E-state index < -0.39 is 0 Å². The maximum absolute atomic E-state index is 11.3. The summed E-state index contributed by atoms with van der Waals surface area (Å²) in [7, 11) is 0. The number of benzene rings is 2. The Bertz CT molecular complexity index is 683. The summed E-state index contributed by atoms with van der Waals surface area (Å²) in [6, 6.07) is 12.9. The van der Waals surface area contributed by atoms with Crippen LogP contribution in [0.5, 0.6) is 0 Å². The zero-order valence-corrected chi connectivity index (χ0v) is 13.2. The van der Waals surface area contributed by atoms with Crippen LogP contribution in [0, 0.1) is 0 Å². The van der Waals surface area contributed by atoms with Crippen molar-refractivity contribution in [2.45, 2.75) is 23.6 Å². The van der Waals surface area contributed by atoms with Crippen molar-refractivity contribution in [3.05, 3.63) is 53.1 Å². The monoisotopic (exact) mass is 319 g/mol. The lowest BCUT2D eigenvalue weighted by Gasteiger charge is -2.06. The minimum atomic E-state index is -0.0954. The van der Waals surface area contributed by atoms with Crippen LogP contribution in [0.4, 0.5) is 5.69 Å². The van der Waals surface area contributed by atoms with Crippen molar-refractivity contribution in [3.63, 3.8) is 0 Å². The van der Waals surface area contributed by atoms with Crippen molar-refractivity contribution in [1.29, 1.82) is 0 Å². The Morgan fingerprint density at radius 2 is 1.62 bits per heavy atom. The lowest BCUT2D eigenvalue weighted by atomic mass is 10.1. The maximum atomic E-state index is 11.3. The van der Waals surface area contributed by atoms with Crippen molar-refractivity contribution in [1.82, 2.24) is 0 Å². The third-order valence-electron chi connectivity index (χ3n) is 2.73. The number of hydrogen-bond donors (Lipinski definition) is 1. The van der Waals surface area contributed by atoms with E-state index in [-0.39, 0.29) is 11.7 Å². The molecular formula is C16H14ClNO2S. The molecule has 0 saturated carbocycles. The molecule has 1 N–H and O–H groups in total. The molecule has 0 aliphatic carbocycles. The van der Waals surface area contributed by atoms with E-state index in [9.17, 15) is 9.59 Å². The molecule has 108 valence electrons. The molecule has 2 aromatic carbocycles. The van der Waals surface area contributed by atoms with Gasteiger partial charge < -0.3 is 5.32 Å². The van der Waals surface area contributed by atoms with Gasteiger partial charge in [0.15, 0.2) is 5.78 Å². The van der Waals surface area contributed by atoms with E-state index in [1.165, 1.54) is 13.8 Å². The molecule has 0 unspecified atom stereocenters. The van der Waals surface area contributed by atoms with Crippen LogP contribution in [0.3, 0.4) is 0 Å². The highest BCUT2D eigenvalue weighted by atomic mass is 35.5. The van der Waals surface area contributed by atoms with Crippen LogP contribution in [-0.2, 0) is 4.79 Å². The SMILES string of the molecule is CC(=O)Nc1ccc(Sc2ccc(C(C)=O)c(Cl)c2)cc1. The van der Waals surface area contributed by atoms with Gasteiger partial charge in [-0.25, -0.2) is 0 Å². The van der Waals surface area contributed by atoms with Gasteiger partial charge >= 0.3 is 0 Å². The summed E-state index contributed by atoms with van der Waals surface area (Å²) in [5.41, 5.74) is 1.29. The van der Waals surface area contributed by atoms with Gasteiger partial charge in [0, 0.05) is 28.0 Å². The molecule has 3 nitrogen and oxygen atoms in total. The third-order valence-corrected chi connectivity index (χ3v) is 4.04. The lowest BCUT2D eigenvalue weighted by Crippen LogP contribution is -2.05. The Balaban J connectivity index is 2.13. The standard InChI is InChI=1S/C16H14ClNO2S/c1-10(19)15-8-7-14(9-16(15)17)21-13-5-3-12(4-6-13)18-11(2)20/h3-9H,1-2H3,(H,18,20). The fraction of sp³-hybridized carbons (Fsp3) is 0.125. The molecule has 0 aliphatic rings. The molecule has 5 heteroatoms.